The van der Waals surface area contributed by atoms with Crippen LogP contribution < -0.4 is 4.90 Å². The van der Waals surface area contributed by atoms with Gasteiger partial charge in [0.25, 0.3) is 0 Å². The Hall–Kier alpha value is -3.71. The van der Waals surface area contributed by atoms with E-state index in [-0.39, 0.29) is 12.0 Å². The molecule has 1 saturated heterocycles. The molecule has 1 fully saturated rings. The maximum atomic E-state index is 13.5. The first-order valence-corrected chi connectivity index (χ1v) is 10.5. The summed E-state index contributed by atoms with van der Waals surface area (Å²) in [5, 5.41) is 0. The van der Waals surface area contributed by atoms with E-state index >= 15 is 0 Å². The number of pyridine rings is 1. The first-order chi connectivity index (χ1) is 15.7. The summed E-state index contributed by atoms with van der Waals surface area (Å²) in [7, 11) is 1.36. The summed E-state index contributed by atoms with van der Waals surface area (Å²) in [6.45, 7) is 2.54. The van der Waals surface area contributed by atoms with E-state index in [0.29, 0.717) is 38.4 Å². The number of rotatable bonds is 5. The lowest BCUT2D eigenvalue weighted by Gasteiger charge is -2.33. The molecule has 3 aromatic rings. The number of anilines is 1. The maximum absolute atomic E-state index is 13.5. The lowest BCUT2D eigenvalue weighted by atomic mass is 10.1. The van der Waals surface area contributed by atoms with E-state index in [1.807, 2.05) is 53.4 Å². The monoisotopic (exact) mass is 431 g/mol. The fourth-order valence-corrected chi connectivity index (χ4v) is 3.63. The second kappa shape index (κ2) is 10.1. The Morgan fingerprint density at radius 1 is 1.03 bits per heavy atom. The van der Waals surface area contributed by atoms with Crippen molar-refractivity contribution in [1.29, 1.82) is 0 Å². The minimum atomic E-state index is -0.387. The van der Waals surface area contributed by atoms with Gasteiger partial charge in [0.2, 0.25) is 0 Å². The molecule has 1 aliphatic heterocycles. The fraction of sp³-hybridized carbons (Fsp3) is 0.240. The van der Waals surface area contributed by atoms with Crippen molar-refractivity contribution in [3.8, 4) is 11.1 Å². The van der Waals surface area contributed by atoms with E-state index in [1.165, 1.54) is 7.11 Å². The second-order valence-corrected chi connectivity index (χ2v) is 7.45. The van der Waals surface area contributed by atoms with E-state index < -0.39 is 0 Å². The van der Waals surface area contributed by atoms with Gasteiger partial charge < -0.3 is 14.4 Å². The van der Waals surface area contributed by atoms with Gasteiger partial charge in [-0.3, -0.25) is 9.88 Å². The van der Waals surface area contributed by atoms with Gasteiger partial charge in [-0.25, -0.2) is 9.59 Å². The largest absolute Gasteiger partial charge is 0.465 e. The molecule has 0 N–H and O–H groups in total. The van der Waals surface area contributed by atoms with Gasteiger partial charge in [-0.2, -0.15) is 0 Å². The molecule has 0 radical (unpaired) electrons. The second-order valence-electron chi connectivity index (χ2n) is 7.45. The molecule has 0 spiro atoms. The Bertz CT molecular complexity index is 1060. The molecule has 4 rings (SSSR count). The van der Waals surface area contributed by atoms with Gasteiger partial charge in [-0.15, -0.1) is 0 Å². The quantitative estimate of drug-likeness (QED) is 0.571. The average molecular weight is 431 g/mol. The maximum Gasteiger partial charge on any atom is 0.337 e. The van der Waals surface area contributed by atoms with Crippen LogP contribution in [-0.4, -0.2) is 55.3 Å². The van der Waals surface area contributed by atoms with Gasteiger partial charge in [0.15, 0.2) is 0 Å². The highest BCUT2D eigenvalue weighted by molar-refractivity contribution is 5.93. The molecule has 0 atom stereocenters. The molecular formula is C25H25N3O4. The summed E-state index contributed by atoms with van der Waals surface area (Å²) in [6.07, 6.45) is 3.54. The third kappa shape index (κ3) is 4.95. The lowest BCUT2D eigenvalue weighted by Crippen LogP contribution is -2.48. The number of nitrogens with zero attached hydrogens (tertiary/aromatic N) is 3. The lowest BCUT2D eigenvalue weighted by molar-refractivity contribution is 0.0548. The van der Waals surface area contributed by atoms with Crippen molar-refractivity contribution in [2.24, 2.45) is 0 Å². The first kappa shape index (κ1) is 21.5. The summed E-state index contributed by atoms with van der Waals surface area (Å²) in [5.41, 5.74) is 4.14. The van der Waals surface area contributed by atoms with Crippen LogP contribution in [0.2, 0.25) is 0 Å². The molecule has 2 amide bonds. The van der Waals surface area contributed by atoms with Crippen LogP contribution in [0.15, 0.2) is 73.1 Å². The van der Waals surface area contributed by atoms with Crippen LogP contribution in [0.3, 0.4) is 0 Å². The Balaban J connectivity index is 1.65. The van der Waals surface area contributed by atoms with Gasteiger partial charge in [0, 0.05) is 36.7 Å². The van der Waals surface area contributed by atoms with Crippen LogP contribution in [0.25, 0.3) is 11.1 Å². The normalized spacial score (nSPS) is 13.5. The van der Waals surface area contributed by atoms with Crippen LogP contribution >= 0.6 is 0 Å². The minimum Gasteiger partial charge on any atom is -0.465 e. The summed E-state index contributed by atoms with van der Waals surface area (Å²) in [6, 6.07) is 18.8. The number of benzene rings is 2. The molecule has 0 unspecified atom stereocenters. The summed E-state index contributed by atoms with van der Waals surface area (Å²) >= 11 is 0. The number of methoxy groups -OCH3 is 1. The number of hydrogen-bond donors (Lipinski definition) is 0. The number of urea groups is 1. The van der Waals surface area contributed by atoms with Crippen LogP contribution in [-0.2, 0) is 16.0 Å². The van der Waals surface area contributed by atoms with Gasteiger partial charge in [-0.05, 0) is 41.5 Å². The predicted octanol–water partition coefficient (Wildman–Crippen LogP) is 3.99. The summed E-state index contributed by atoms with van der Waals surface area (Å²) < 4.78 is 10.2. The van der Waals surface area contributed by atoms with E-state index in [0.717, 1.165) is 22.4 Å². The number of carbonyl (C=O) groups excluding carboxylic acids is 2. The average Bonchev–Trinajstić information content (AvgIpc) is 2.88. The minimum absolute atomic E-state index is 0.0753. The predicted molar refractivity (Wildman–Crippen MR) is 121 cm³/mol. The van der Waals surface area contributed by atoms with E-state index in [1.54, 1.807) is 29.4 Å². The van der Waals surface area contributed by atoms with Crippen molar-refractivity contribution in [2.75, 3.05) is 38.3 Å². The van der Waals surface area contributed by atoms with Crippen molar-refractivity contribution in [2.45, 2.75) is 6.54 Å². The number of hydrogen-bond acceptors (Lipinski definition) is 5. The van der Waals surface area contributed by atoms with Crippen molar-refractivity contribution < 1.29 is 19.1 Å². The highest BCUT2D eigenvalue weighted by Gasteiger charge is 2.25. The standard InChI is InChI=1S/C25H25N3O4/c1-31-24(29)20-9-7-19(8-10-20)18-28(25(30)27-12-14-32-15-13-27)23-6-2-4-21(16-23)22-5-3-11-26-17-22/h2-11,16-17H,12-15,18H2,1H3. The van der Waals surface area contributed by atoms with Crippen molar-refractivity contribution >= 4 is 17.7 Å². The fourth-order valence-electron chi connectivity index (χ4n) is 3.63. The Morgan fingerprint density at radius 3 is 2.47 bits per heavy atom. The molecule has 7 heteroatoms. The van der Waals surface area contributed by atoms with E-state index in [9.17, 15) is 9.59 Å². The number of aromatic nitrogens is 1. The van der Waals surface area contributed by atoms with Gasteiger partial charge in [-0.1, -0.05) is 30.3 Å². The molecule has 1 aliphatic rings. The highest BCUT2D eigenvalue weighted by atomic mass is 16.5. The van der Waals surface area contributed by atoms with Crippen LogP contribution in [0.5, 0.6) is 0 Å². The number of carbonyl (C=O) groups is 2. The van der Waals surface area contributed by atoms with Crippen molar-refractivity contribution in [3.63, 3.8) is 0 Å². The van der Waals surface area contributed by atoms with Gasteiger partial charge >= 0.3 is 12.0 Å². The molecular weight excluding hydrogens is 406 g/mol. The first-order valence-electron chi connectivity index (χ1n) is 10.5. The third-order valence-electron chi connectivity index (χ3n) is 5.38. The molecule has 0 aliphatic carbocycles. The van der Waals surface area contributed by atoms with E-state index in [2.05, 4.69) is 4.98 Å². The number of esters is 1. The van der Waals surface area contributed by atoms with Crippen LogP contribution in [0.4, 0.5) is 10.5 Å². The molecule has 0 bridgehead atoms. The molecule has 2 aromatic carbocycles. The Morgan fingerprint density at radius 2 is 1.78 bits per heavy atom. The summed E-state index contributed by atoms with van der Waals surface area (Å²) in [5.74, 6) is -0.387. The zero-order chi connectivity index (χ0) is 22.3. The van der Waals surface area contributed by atoms with Gasteiger partial charge in [0.1, 0.15) is 0 Å². The van der Waals surface area contributed by atoms with Gasteiger partial charge in [0.05, 0.1) is 32.4 Å². The molecule has 32 heavy (non-hydrogen) atoms. The molecule has 7 nitrogen and oxygen atoms in total. The smallest absolute Gasteiger partial charge is 0.337 e. The third-order valence-corrected chi connectivity index (χ3v) is 5.38. The number of amides is 2. The van der Waals surface area contributed by atoms with Crippen LogP contribution in [0, 0.1) is 0 Å². The van der Waals surface area contributed by atoms with Crippen molar-refractivity contribution in [3.05, 3.63) is 84.2 Å². The molecule has 0 saturated carbocycles. The molecule has 1 aromatic heterocycles. The van der Waals surface area contributed by atoms with E-state index in [4.69, 9.17) is 9.47 Å². The SMILES string of the molecule is COC(=O)c1ccc(CN(C(=O)N2CCOCC2)c2cccc(-c3cccnc3)c2)cc1. The zero-order valence-electron chi connectivity index (χ0n) is 17.9. The number of ether oxygens (including phenoxy) is 2. The molecule has 2 heterocycles. The summed E-state index contributed by atoms with van der Waals surface area (Å²) in [4.78, 5) is 33.0. The van der Waals surface area contributed by atoms with Crippen LogP contribution in [0.1, 0.15) is 15.9 Å². The van der Waals surface area contributed by atoms with Crippen molar-refractivity contribution in [1.82, 2.24) is 9.88 Å². The Kier molecular flexibility index (Phi) is 6.77. The topological polar surface area (TPSA) is 72.0 Å². The Labute approximate surface area is 187 Å². The highest BCUT2D eigenvalue weighted by Crippen LogP contribution is 2.26. The molecule has 164 valence electrons. The number of morpholine rings is 1. The zero-order valence-corrected chi connectivity index (χ0v) is 17.9.